The highest BCUT2D eigenvalue weighted by Crippen LogP contribution is 2.36. The number of aromatic hydroxyl groups is 2. The lowest BCUT2D eigenvalue weighted by atomic mass is 9.88. The van der Waals surface area contributed by atoms with Crippen molar-refractivity contribution in [2.75, 3.05) is 12.5 Å². The van der Waals surface area contributed by atoms with Crippen LogP contribution in [-0.2, 0) is 9.53 Å². The molecule has 3 aromatic rings. The molecule has 0 amide bonds. The van der Waals surface area contributed by atoms with Gasteiger partial charge in [0.1, 0.15) is 11.5 Å². The molecule has 0 aliphatic heterocycles. The third kappa shape index (κ3) is 6.02. The molecular formula is C27H25ClO4. The average Bonchev–Trinajstić information content (AvgIpc) is 2.80. The summed E-state index contributed by atoms with van der Waals surface area (Å²) in [6.07, 6.45) is 3.75. The maximum absolute atomic E-state index is 11.6. The molecule has 4 nitrogen and oxygen atoms in total. The molecule has 164 valence electrons. The predicted molar refractivity (Wildman–Crippen MR) is 130 cm³/mol. The molecule has 0 heterocycles. The SMILES string of the molecule is CCOC(=O)C=Cc1ccc(C(CCCl)=C(c2ccc(O)cc2)c2ccc(O)cc2)cc1. The maximum Gasteiger partial charge on any atom is 0.330 e. The Balaban J connectivity index is 2.09. The van der Waals surface area contributed by atoms with Gasteiger partial charge in [-0.3, -0.25) is 0 Å². The average molecular weight is 449 g/mol. The minimum Gasteiger partial charge on any atom is -0.508 e. The fraction of sp³-hybridized carbons (Fsp3) is 0.148. The van der Waals surface area contributed by atoms with Crippen LogP contribution >= 0.6 is 11.6 Å². The van der Waals surface area contributed by atoms with Gasteiger partial charge in [0.2, 0.25) is 0 Å². The molecule has 0 unspecified atom stereocenters. The van der Waals surface area contributed by atoms with E-state index in [0.717, 1.165) is 33.4 Å². The van der Waals surface area contributed by atoms with Gasteiger partial charge in [-0.15, -0.1) is 11.6 Å². The van der Waals surface area contributed by atoms with Crippen LogP contribution in [-0.4, -0.2) is 28.7 Å². The second-order valence-electron chi connectivity index (χ2n) is 7.09. The summed E-state index contributed by atoms with van der Waals surface area (Å²) in [7, 11) is 0. The highest BCUT2D eigenvalue weighted by Gasteiger charge is 2.14. The Morgan fingerprint density at radius 2 is 1.34 bits per heavy atom. The van der Waals surface area contributed by atoms with Crippen LogP contribution in [0.4, 0.5) is 0 Å². The molecule has 0 saturated carbocycles. The Kier molecular flexibility index (Phi) is 8.12. The Hall–Kier alpha value is -3.50. The molecular weight excluding hydrogens is 424 g/mol. The molecule has 5 heteroatoms. The number of halogens is 1. The number of hydrogen-bond donors (Lipinski definition) is 2. The van der Waals surface area contributed by atoms with Crippen molar-refractivity contribution in [3.63, 3.8) is 0 Å². The van der Waals surface area contributed by atoms with Crippen molar-refractivity contribution in [1.29, 1.82) is 0 Å². The molecule has 0 aromatic heterocycles. The molecule has 3 rings (SSSR count). The summed E-state index contributed by atoms with van der Waals surface area (Å²) in [6, 6.07) is 21.9. The minimum absolute atomic E-state index is 0.190. The number of hydrogen-bond acceptors (Lipinski definition) is 4. The maximum atomic E-state index is 11.6. The lowest BCUT2D eigenvalue weighted by Gasteiger charge is -2.17. The van der Waals surface area contributed by atoms with E-state index < -0.39 is 0 Å². The first-order valence-electron chi connectivity index (χ1n) is 10.3. The summed E-state index contributed by atoms with van der Waals surface area (Å²) in [4.78, 5) is 11.6. The van der Waals surface area contributed by atoms with Crippen molar-refractivity contribution in [2.24, 2.45) is 0 Å². The van der Waals surface area contributed by atoms with E-state index in [9.17, 15) is 15.0 Å². The highest BCUT2D eigenvalue weighted by atomic mass is 35.5. The summed E-state index contributed by atoms with van der Waals surface area (Å²) in [5.41, 5.74) is 5.75. The van der Waals surface area contributed by atoms with Crippen molar-refractivity contribution < 1.29 is 19.7 Å². The largest absolute Gasteiger partial charge is 0.508 e. The van der Waals surface area contributed by atoms with Gasteiger partial charge in [-0.1, -0.05) is 48.5 Å². The summed E-state index contributed by atoms with van der Waals surface area (Å²) in [5.74, 6) is 0.437. The fourth-order valence-corrected chi connectivity index (χ4v) is 3.62. The van der Waals surface area contributed by atoms with E-state index in [0.29, 0.717) is 18.9 Å². The van der Waals surface area contributed by atoms with Crippen molar-refractivity contribution >= 4 is 34.8 Å². The molecule has 2 N–H and O–H groups in total. The van der Waals surface area contributed by atoms with E-state index in [2.05, 4.69) is 0 Å². The van der Waals surface area contributed by atoms with Crippen molar-refractivity contribution in [2.45, 2.75) is 13.3 Å². The van der Waals surface area contributed by atoms with Crippen LogP contribution in [0.2, 0.25) is 0 Å². The third-order valence-corrected chi connectivity index (χ3v) is 5.10. The Bertz CT molecular complexity index is 1050. The molecule has 32 heavy (non-hydrogen) atoms. The number of carbonyl (C=O) groups excluding carboxylic acids is 1. The molecule has 0 aliphatic carbocycles. The molecule has 0 fully saturated rings. The van der Waals surface area contributed by atoms with Crippen molar-refractivity contribution in [1.82, 2.24) is 0 Å². The molecule has 0 atom stereocenters. The number of ether oxygens (including phenoxy) is 1. The first kappa shape index (κ1) is 23.2. The number of carbonyl (C=O) groups is 1. The second kappa shape index (κ2) is 11.2. The van der Waals surface area contributed by atoms with Gasteiger partial charge in [-0.25, -0.2) is 4.79 Å². The zero-order valence-corrected chi connectivity index (χ0v) is 18.5. The number of rotatable bonds is 8. The van der Waals surface area contributed by atoms with Crippen molar-refractivity contribution in [3.05, 3.63) is 101 Å². The quantitative estimate of drug-likeness (QED) is 0.185. The van der Waals surface area contributed by atoms with E-state index in [1.807, 2.05) is 48.5 Å². The van der Waals surface area contributed by atoms with Gasteiger partial charge in [0.15, 0.2) is 0 Å². The zero-order chi connectivity index (χ0) is 22.9. The first-order valence-corrected chi connectivity index (χ1v) is 10.9. The Morgan fingerprint density at radius 1 is 0.844 bits per heavy atom. The lowest BCUT2D eigenvalue weighted by molar-refractivity contribution is -0.137. The number of benzene rings is 3. The van der Waals surface area contributed by atoms with Crippen LogP contribution in [0.25, 0.3) is 17.2 Å². The molecule has 0 spiro atoms. The van der Waals surface area contributed by atoms with Gasteiger partial charge in [0.25, 0.3) is 0 Å². The molecule has 0 aliphatic rings. The number of allylic oxidation sites excluding steroid dienone is 1. The number of phenolic OH excluding ortho intramolecular Hbond substituents is 2. The summed E-state index contributed by atoms with van der Waals surface area (Å²) >= 11 is 6.18. The normalized spacial score (nSPS) is 10.8. The minimum atomic E-state index is -0.374. The Labute approximate surface area is 193 Å². The lowest BCUT2D eigenvalue weighted by Crippen LogP contribution is -1.98. The van der Waals surface area contributed by atoms with E-state index in [1.165, 1.54) is 6.08 Å². The van der Waals surface area contributed by atoms with Gasteiger partial charge < -0.3 is 14.9 Å². The molecule has 3 aromatic carbocycles. The molecule has 0 saturated heterocycles. The molecule has 0 bridgehead atoms. The zero-order valence-electron chi connectivity index (χ0n) is 17.8. The number of phenols is 2. The van der Waals surface area contributed by atoms with Gasteiger partial charge in [0.05, 0.1) is 6.61 Å². The fourth-order valence-electron chi connectivity index (χ4n) is 3.43. The van der Waals surface area contributed by atoms with Crippen LogP contribution in [0.5, 0.6) is 11.5 Å². The van der Waals surface area contributed by atoms with E-state index in [1.54, 1.807) is 37.3 Å². The van der Waals surface area contributed by atoms with Crippen LogP contribution in [0.3, 0.4) is 0 Å². The number of alkyl halides is 1. The van der Waals surface area contributed by atoms with Crippen LogP contribution < -0.4 is 0 Å². The first-order chi connectivity index (χ1) is 15.5. The molecule has 0 radical (unpaired) electrons. The van der Waals surface area contributed by atoms with Crippen molar-refractivity contribution in [3.8, 4) is 11.5 Å². The standard InChI is InChI=1S/C27H25ClO4/c1-2-32-26(31)16-5-19-3-6-20(7-4-19)25(17-18-28)27(21-8-12-23(29)13-9-21)22-10-14-24(30)15-11-22/h3-16,29-30H,2,17-18H2,1H3. The second-order valence-corrected chi connectivity index (χ2v) is 7.47. The summed E-state index contributed by atoms with van der Waals surface area (Å²) < 4.78 is 4.92. The third-order valence-electron chi connectivity index (χ3n) is 4.92. The van der Waals surface area contributed by atoms with E-state index >= 15 is 0 Å². The van der Waals surface area contributed by atoms with Gasteiger partial charge in [-0.05, 0) is 77.1 Å². The van der Waals surface area contributed by atoms with E-state index in [-0.39, 0.29) is 17.5 Å². The monoisotopic (exact) mass is 448 g/mol. The highest BCUT2D eigenvalue weighted by molar-refractivity contribution is 6.18. The van der Waals surface area contributed by atoms with Gasteiger partial charge >= 0.3 is 5.97 Å². The smallest absolute Gasteiger partial charge is 0.330 e. The van der Waals surface area contributed by atoms with Crippen LogP contribution in [0, 0.1) is 0 Å². The van der Waals surface area contributed by atoms with Crippen LogP contribution in [0.15, 0.2) is 78.9 Å². The van der Waals surface area contributed by atoms with E-state index in [4.69, 9.17) is 16.3 Å². The topological polar surface area (TPSA) is 66.8 Å². The summed E-state index contributed by atoms with van der Waals surface area (Å²) in [5, 5.41) is 19.5. The van der Waals surface area contributed by atoms with Gasteiger partial charge in [-0.2, -0.15) is 0 Å². The predicted octanol–water partition coefficient (Wildman–Crippen LogP) is 6.26. The Morgan fingerprint density at radius 3 is 1.81 bits per heavy atom. The number of esters is 1. The van der Waals surface area contributed by atoms with Crippen LogP contribution in [0.1, 0.15) is 35.6 Å². The van der Waals surface area contributed by atoms with Gasteiger partial charge in [0, 0.05) is 12.0 Å². The summed E-state index contributed by atoms with van der Waals surface area (Å²) in [6.45, 7) is 2.11.